The van der Waals surface area contributed by atoms with Gasteiger partial charge in [0, 0.05) is 38.3 Å². The molecule has 8 heteroatoms. The summed E-state index contributed by atoms with van der Waals surface area (Å²) in [7, 11) is 3.30. The summed E-state index contributed by atoms with van der Waals surface area (Å²) in [5.74, 6) is 1.30. The molecule has 3 heterocycles. The minimum Gasteiger partial charge on any atom is -0.497 e. The number of fused-ring (bicyclic) bond motifs is 2. The number of methoxy groups -OCH3 is 2. The number of ether oxygens (including phenoxy) is 3. The van der Waals surface area contributed by atoms with Gasteiger partial charge in [0.2, 0.25) is 5.91 Å². The van der Waals surface area contributed by atoms with Gasteiger partial charge in [-0.25, -0.2) is 0 Å². The van der Waals surface area contributed by atoms with E-state index in [1.807, 2.05) is 36.1 Å². The van der Waals surface area contributed by atoms with E-state index in [1.165, 1.54) is 11.8 Å². The van der Waals surface area contributed by atoms with Crippen LogP contribution in [-0.2, 0) is 20.8 Å². The second-order valence-electron chi connectivity index (χ2n) is 9.94. The van der Waals surface area contributed by atoms with E-state index in [9.17, 15) is 9.59 Å². The first kappa shape index (κ1) is 26.8. The number of rotatable bonds is 5. The number of thioether (sulfide) groups is 1. The van der Waals surface area contributed by atoms with Gasteiger partial charge >= 0.3 is 0 Å². The first-order chi connectivity index (χ1) is 17.4. The van der Waals surface area contributed by atoms with Crippen LogP contribution in [0.3, 0.4) is 0 Å². The van der Waals surface area contributed by atoms with Gasteiger partial charge in [-0.1, -0.05) is 41.6 Å². The molecule has 2 amide bonds. The molecule has 1 aromatic carbocycles. The van der Waals surface area contributed by atoms with E-state index in [2.05, 4.69) is 17.5 Å². The zero-order valence-corrected chi connectivity index (χ0v) is 22.4. The van der Waals surface area contributed by atoms with Crippen LogP contribution in [0.2, 0.25) is 0 Å². The Bertz CT molecular complexity index is 979. The fraction of sp³-hybridized carbons (Fsp3) is 0.571. The van der Waals surface area contributed by atoms with Crippen molar-refractivity contribution in [3.8, 4) is 5.75 Å². The van der Waals surface area contributed by atoms with Gasteiger partial charge in [0.25, 0.3) is 5.24 Å². The maximum atomic E-state index is 13.0. The Morgan fingerprint density at radius 3 is 2.67 bits per heavy atom. The summed E-state index contributed by atoms with van der Waals surface area (Å²) >= 11 is 1.33. The molecule has 0 unspecified atom stereocenters. The summed E-state index contributed by atoms with van der Waals surface area (Å²) in [5, 5.41) is 3.23. The summed E-state index contributed by atoms with van der Waals surface area (Å²) in [6.07, 6.45) is 11.6. The van der Waals surface area contributed by atoms with Crippen molar-refractivity contribution in [1.29, 1.82) is 0 Å². The van der Waals surface area contributed by atoms with E-state index in [-0.39, 0.29) is 29.4 Å². The molecular weight excluding hydrogens is 476 g/mol. The van der Waals surface area contributed by atoms with Crippen molar-refractivity contribution in [3.63, 3.8) is 0 Å². The molecule has 2 bridgehead atoms. The summed E-state index contributed by atoms with van der Waals surface area (Å²) < 4.78 is 17.9. The van der Waals surface area contributed by atoms with E-state index >= 15 is 0 Å². The Kier molecular flexibility index (Phi) is 9.14. The highest BCUT2D eigenvalue weighted by molar-refractivity contribution is 8.13. The molecule has 196 valence electrons. The lowest BCUT2D eigenvalue weighted by molar-refractivity contribution is -0.185. The molecule has 36 heavy (non-hydrogen) atoms. The first-order valence-electron chi connectivity index (χ1n) is 12.8. The Labute approximate surface area is 218 Å². The Morgan fingerprint density at radius 2 is 1.92 bits per heavy atom. The predicted molar refractivity (Wildman–Crippen MR) is 142 cm³/mol. The molecule has 1 aromatic rings. The maximum Gasteiger partial charge on any atom is 0.282 e. The number of hydrogen-bond acceptors (Lipinski definition) is 6. The van der Waals surface area contributed by atoms with Crippen molar-refractivity contribution < 1.29 is 23.8 Å². The summed E-state index contributed by atoms with van der Waals surface area (Å²) in [5.41, 5.74) is 1.25. The van der Waals surface area contributed by atoms with Crippen molar-refractivity contribution in [3.05, 3.63) is 53.6 Å². The number of nitrogens with zero attached hydrogens (tertiary/aromatic N) is 1. The molecule has 2 fully saturated rings. The van der Waals surface area contributed by atoms with Crippen molar-refractivity contribution in [2.45, 2.75) is 82.4 Å². The summed E-state index contributed by atoms with van der Waals surface area (Å²) in [4.78, 5) is 27.8. The molecule has 0 spiro atoms. The normalized spacial score (nSPS) is 29.9. The highest BCUT2D eigenvalue weighted by atomic mass is 32.2. The van der Waals surface area contributed by atoms with Crippen LogP contribution < -0.4 is 10.1 Å². The molecule has 0 saturated carbocycles. The van der Waals surface area contributed by atoms with Gasteiger partial charge in [-0.05, 0) is 56.7 Å². The number of hydrogen-bond donors (Lipinski definition) is 1. The monoisotopic (exact) mass is 514 g/mol. The van der Waals surface area contributed by atoms with Gasteiger partial charge in [0.1, 0.15) is 11.5 Å². The van der Waals surface area contributed by atoms with E-state index in [4.69, 9.17) is 14.2 Å². The van der Waals surface area contributed by atoms with Crippen LogP contribution in [0.4, 0.5) is 4.79 Å². The summed E-state index contributed by atoms with van der Waals surface area (Å²) in [6, 6.07) is 7.70. The average Bonchev–Trinajstić information content (AvgIpc) is 3.23. The molecule has 4 rings (SSSR count). The number of benzene rings is 1. The molecule has 1 N–H and O–H groups in total. The maximum absolute atomic E-state index is 13.0. The number of carbonyl (C=O) groups is 2. The number of nitrogens with one attached hydrogen (secondary N) is 1. The van der Waals surface area contributed by atoms with Crippen LogP contribution in [0, 0.1) is 0 Å². The minimum absolute atomic E-state index is 0.0550. The molecule has 0 aromatic heterocycles. The molecule has 3 aliphatic rings. The number of allylic oxidation sites excluding steroid dienone is 3. The van der Waals surface area contributed by atoms with Crippen LogP contribution in [0.5, 0.6) is 5.75 Å². The smallest absolute Gasteiger partial charge is 0.282 e. The Balaban J connectivity index is 1.56. The molecule has 3 aliphatic heterocycles. The lowest BCUT2D eigenvalue weighted by atomic mass is 9.88. The summed E-state index contributed by atoms with van der Waals surface area (Å²) in [6.45, 7) is 2.50. The van der Waals surface area contributed by atoms with Crippen molar-refractivity contribution in [1.82, 2.24) is 10.2 Å². The van der Waals surface area contributed by atoms with Gasteiger partial charge < -0.3 is 24.4 Å². The predicted octanol–water partition coefficient (Wildman–Crippen LogP) is 5.21. The second-order valence-corrected chi connectivity index (χ2v) is 10.9. The molecule has 2 saturated heterocycles. The first-order valence-corrected chi connectivity index (χ1v) is 13.8. The molecule has 7 nitrogen and oxygen atoms in total. The fourth-order valence-electron chi connectivity index (χ4n) is 5.29. The van der Waals surface area contributed by atoms with Gasteiger partial charge in [-0.2, -0.15) is 0 Å². The van der Waals surface area contributed by atoms with Crippen molar-refractivity contribution in [2.75, 3.05) is 20.0 Å². The number of amides is 2. The Hall–Kier alpha value is -2.29. The van der Waals surface area contributed by atoms with Crippen LogP contribution in [0.25, 0.3) is 0 Å². The van der Waals surface area contributed by atoms with E-state index in [0.29, 0.717) is 25.1 Å². The largest absolute Gasteiger partial charge is 0.497 e. The van der Waals surface area contributed by atoms with Crippen LogP contribution in [0.15, 0.2) is 48.1 Å². The van der Waals surface area contributed by atoms with Gasteiger partial charge in [0.15, 0.2) is 0 Å². The third-order valence-corrected chi connectivity index (χ3v) is 8.29. The Morgan fingerprint density at radius 1 is 1.14 bits per heavy atom. The molecule has 4 atom stereocenters. The van der Waals surface area contributed by atoms with Crippen molar-refractivity contribution >= 4 is 22.9 Å². The van der Waals surface area contributed by atoms with Gasteiger partial charge in [0.05, 0.1) is 25.4 Å². The van der Waals surface area contributed by atoms with Crippen molar-refractivity contribution in [2.24, 2.45) is 0 Å². The van der Waals surface area contributed by atoms with Crippen LogP contribution in [-0.4, -0.2) is 60.0 Å². The zero-order chi connectivity index (χ0) is 25.5. The van der Waals surface area contributed by atoms with Gasteiger partial charge in [-0.15, -0.1) is 0 Å². The highest BCUT2D eigenvalue weighted by Gasteiger charge is 2.48. The topological polar surface area (TPSA) is 77.1 Å². The third kappa shape index (κ3) is 6.72. The fourth-order valence-corrected chi connectivity index (χ4v) is 6.36. The highest BCUT2D eigenvalue weighted by Crippen LogP contribution is 2.38. The molecule has 0 aliphatic carbocycles. The van der Waals surface area contributed by atoms with E-state index in [1.54, 1.807) is 20.3 Å². The van der Waals surface area contributed by atoms with Crippen LogP contribution >= 0.6 is 11.8 Å². The molecular formula is C28H38N2O5S. The lowest BCUT2D eigenvalue weighted by Crippen LogP contribution is -2.60. The standard InChI is InChI=1S/C28H38N2O5S/c1-20-9-7-5-4-6-8-10-23-16-28(34-3,29-26(31)15-20)17-25(35-23)24-19-36-27(32)30(24)18-21-11-13-22(33-2)14-12-21/h4-5,11-15,23-25H,6-10,16-19H2,1-3H3,(H,29,31)/t23-,24+,25-,28-/m1/s1. The average molecular weight is 515 g/mol. The second kappa shape index (κ2) is 12.3. The van der Waals surface area contributed by atoms with Gasteiger partial charge in [-0.3, -0.25) is 9.59 Å². The van der Waals surface area contributed by atoms with E-state index in [0.717, 1.165) is 49.0 Å². The SMILES string of the molecule is COc1ccc(CN2C(=O)SC[C@H]2[C@H]2C[C@]3(OC)C[C@@H](CCCC=CCCC(C)=CC(=O)N3)O2)cc1. The van der Waals surface area contributed by atoms with E-state index < -0.39 is 5.72 Å². The minimum atomic E-state index is -0.830. The molecule has 0 radical (unpaired) electrons. The third-order valence-electron chi connectivity index (χ3n) is 7.30. The number of carbonyl (C=O) groups excluding carboxylic acids is 2. The van der Waals surface area contributed by atoms with Crippen LogP contribution in [0.1, 0.15) is 57.4 Å². The lowest BCUT2D eigenvalue weighted by Gasteiger charge is -2.46. The quantitative estimate of drug-likeness (QED) is 0.544. The zero-order valence-electron chi connectivity index (χ0n) is 21.5.